The number of ether oxygens (including phenoxy) is 2. The minimum absolute atomic E-state index is 0.193. The van der Waals surface area contributed by atoms with Gasteiger partial charge in [0.25, 0.3) is 0 Å². The number of carbonyl (C=O) groups is 1. The van der Waals surface area contributed by atoms with E-state index in [2.05, 4.69) is 0 Å². The maximum absolute atomic E-state index is 13.1. The fourth-order valence-corrected chi connectivity index (χ4v) is 2.97. The molecule has 1 aromatic rings. The molecule has 20 heavy (non-hydrogen) atoms. The van der Waals surface area contributed by atoms with Gasteiger partial charge in [-0.1, -0.05) is 12.1 Å². The number of hydrogen-bond donors (Lipinski definition) is 0. The van der Waals surface area contributed by atoms with Crippen molar-refractivity contribution in [1.29, 1.82) is 0 Å². The predicted octanol–water partition coefficient (Wildman–Crippen LogP) is 3.22. The van der Waals surface area contributed by atoms with E-state index in [0.29, 0.717) is 19.4 Å². The predicted molar refractivity (Wildman–Crippen MR) is 74.0 cm³/mol. The summed E-state index contributed by atoms with van der Waals surface area (Å²) in [4.78, 5) is 12.4. The molecule has 2 rings (SSSR count). The zero-order valence-electron chi connectivity index (χ0n) is 12.0. The van der Waals surface area contributed by atoms with Gasteiger partial charge in [-0.25, -0.2) is 4.39 Å². The van der Waals surface area contributed by atoms with Crippen molar-refractivity contribution in [2.75, 3.05) is 13.7 Å². The molecule has 1 aliphatic rings. The molecular weight excluding hydrogens is 259 g/mol. The van der Waals surface area contributed by atoms with Crippen LogP contribution in [0, 0.1) is 5.82 Å². The third kappa shape index (κ3) is 2.85. The van der Waals surface area contributed by atoms with E-state index in [1.165, 1.54) is 12.1 Å². The van der Waals surface area contributed by atoms with Gasteiger partial charge in [-0.05, 0) is 50.3 Å². The molecule has 0 unspecified atom stereocenters. The fourth-order valence-electron chi connectivity index (χ4n) is 2.97. The van der Waals surface area contributed by atoms with Gasteiger partial charge in [0.15, 0.2) is 0 Å². The molecule has 1 saturated carbocycles. The van der Waals surface area contributed by atoms with E-state index < -0.39 is 5.41 Å². The van der Waals surface area contributed by atoms with Gasteiger partial charge in [0, 0.05) is 7.11 Å². The van der Waals surface area contributed by atoms with Crippen molar-refractivity contribution in [3.8, 4) is 0 Å². The average Bonchev–Trinajstić information content (AvgIpc) is 2.48. The fraction of sp³-hybridized carbons (Fsp3) is 0.562. The first kappa shape index (κ1) is 15.0. The molecule has 0 aromatic heterocycles. The SMILES string of the molecule is CCOC(=O)C1(c2ccc(F)cc2)CCC(OC)CC1. The van der Waals surface area contributed by atoms with Gasteiger partial charge in [-0.3, -0.25) is 4.79 Å². The van der Waals surface area contributed by atoms with Crippen LogP contribution in [0.5, 0.6) is 0 Å². The minimum atomic E-state index is -0.654. The zero-order chi connectivity index (χ0) is 14.6. The molecule has 0 spiro atoms. The summed E-state index contributed by atoms with van der Waals surface area (Å²) < 4.78 is 23.7. The maximum atomic E-state index is 13.1. The molecule has 0 radical (unpaired) electrons. The topological polar surface area (TPSA) is 35.5 Å². The zero-order valence-corrected chi connectivity index (χ0v) is 12.0. The molecule has 0 atom stereocenters. The molecule has 3 nitrogen and oxygen atoms in total. The summed E-state index contributed by atoms with van der Waals surface area (Å²) in [6.45, 7) is 2.16. The van der Waals surface area contributed by atoms with E-state index in [1.807, 2.05) is 0 Å². The molecule has 4 heteroatoms. The lowest BCUT2D eigenvalue weighted by atomic mass is 9.68. The van der Waals surface area contributed by atoms with Crippen molar-refractivity contribution in [3.05, 3.63) is 35.6 Å². The standard InChI is InChI=1S/C16H21FO3/c1-3-20-15(18)16(10-8-14(19-2)9-11-16)12-4-6-13(17)7-5-12/h4-7,14H,3,8-11H2,1-2H3. The highest BCUT2D eigenvalue weighted by atomic mass is 19.1. The molecule has 1 aromatic carbocycles. The van der Waals surface area contributed by atoms with Crippen LogP contribution < -0.4 is 0 Å². The van der Waals surface area contributed by atoms with Gasteiger partial charge in [0.2, 0.25) is 0 Å². The molecular formula is C16H21FO3. The second-order valence-corrected chi connectivity index (χ2v) is 5.24. The summed E-state index contributed by atoms with van der Waals surface area (Å²) in [5, 5.41) is 0. The number of rotatable bonds is 4. The van der Waals surface area contributed by atoms with Crippen LogP contribution in [0.4, 0.5) is 4.39 Å². The van der Waals surface area contributed by atoms with Crippen molar-refractivity contribution < 1.29 is 18.7 Å². The number of esters is 1. The van der Waals surface area contributed by atoms with Crippen molar-refractivity contribution in [1.82, 2.24) is 0 Å². The van der Waals surface area contributed by atoms with Gasteiger partial charge in [-0.2, -0.15) is 0 Å². The Balaban J connectivity index is 2.30. The van der Waals surface area contributed by atoms with E-state index in [0.717, 1.165) is 18.4 Å². The summed E-state index contributed by atoms with van der Waals surface area (Å²) in [6.07, 6.45) is 3.17. The Kier molecular flexibility index (Phi) is 4.76. The number of carbonyl (C=O) groups excluding carboxylic acids is 1. The van der Waals surface area contributed by atoms with Crippen LogP contribution in [0.25, 0.3) is 0 Å². The van der Waals surface area contributed by atoms with E-state index in [4.69, 9.17) is 9.47 Å². The number of benzene rings is 1. The molecule has 0 bridgehead atoms. The third-order valence-electron chi connectivity index (χ3n) is 4.18. The first-order chi connectivity index (χ1) is 9.62. The molecule has 1 fully saturated rings. The van der Waals surface area contributed by atoms with Crippen molar-refractivity contribution in [2.24, 2.45) is 0 Å². The van der Waals surface area contributed by atoms with Gasteiger partial charge >= 0.3 is 5.97 Å². The van der Waals surface area contributed by atoms with Gasteiger partial charge in [-0.15, -0.1) is 0 Å². The van der Waals surface area contributed by atoms with Crippen LogP contribution in [0.1, 0.15) is 38.2 Å². The highest BCUT2D eigenvalue weighted by Gasteiger charge is 2.44. The summed E-state index contributed by atoms with van der Waals surface area (Å²) in [5.74, 6) is -0.500. The molecule has 0 saturated heterocycles. The highest BCUT2D eigenvalue weighted by Crippen LogP contribution is 2.41. The Hall–Kier alpha value is -1.42. The van der Waals surface area contributed by atoms with Crippen molar-refractivity contribution in [2.45, 2.75) is 44.1 Å². The second-order valence-electron chi connectivity index (χ2n) is 5.24. The highest BCUT2D eigenvalue weighted by molar-refractivity contribution is 5.83. The minimum Gasteiger partial charge on any atom is -0.465 e. The third-order valence-corrected chi connectivity index (χ3v) is 4.18. The van der Waals surface area contributed by atoms with Gasteiger partial charge in [0.1, 0.15) is 5.82 Å². The van der Waals surface area contributed by atoms with Crippen molar-refractivity contribution >= 4 is 5.97 Å². The van der Waals surface area contributed by atoms with Crippen LogP contribution in [-0.4, -0.2) is 25.8 Å². The van der Waals surface area contributed by atoms with Crippen LogP contribution in [0.15, 0.2) is 24.3 Å². The quantitative estimate of drug-likeness (QED) is 0.794. The lowest BCUT2D eigenvalue weighted by Crippen LogP contribution is -2.42. The maximum Gasteiger partial charge on any atom is 0.316 e. The Bertz CT molecular complexity index is 447. The number of hydrogen-bond acceptors (Lipinski definition) is 3. The first-order valence-corrected chi connectivity index (χ1v) is 7.08. The molecule has 0 aliphatic heterocycles. The summed E-state index contributed by atoms with van der Waals surface area (Å²) >= 11 is 0. The lowest BCUT2D eigenvalue weighted by Gasteiger charge is -2.38. The summed E-state index contributed by atoms with van der Waals surface area (Å²) in [6, 6.07) is 6.19. The smallest absolute Gasteiger partial charge is 0.316 e. The number of halogens is 1. The molecule has 0 N–H and O–H groups in total. The summed E-state index contributed by atoms with van der Waals surface area (Å²) in [7, 11) is 1.69. The van der Waals surface area contributed by atoms with Gasteiger partial charge < -0.3 is 9.47 Å². The van der Waals surface area contributed by atoms with Crippen molar-refractivity contribution in [3.63, 3.8) is 0 Å². The molecule has 1 aliphatic carbocycles. The van der Waals surface area contributed by atoms with E-state index in [1.54, 1.807) is 26.2 Å². The monoisotopic (exact) mass is 280 g/mol. The second kappa shape index (κ2) is 6.35. The normalized spacial score (nSPS) is 26.2. The molecule has 0 amide bonds. The molecule has 0 heterocycles. The van der Waals surface area contributed by atoms with E-state index >= 15 is 0 Å². The Morgan fingerprint density at radius 3 is 2.40 bits per heavy atom. The summed E-state index contributed by atoms with van der Waals surface area (Å²) in [5.41, 5.74) is 0.186. The Morgan fingerprint density at radius 1 is 1.30 bits per heavy atom. The van der Waals surface area contributed by atoms with Crippen LogP contribution in [0.2, 0.25) is 0 Å². The first-order valence-electron chi connectivity index (χ1n) is 7.08. The van der Waals surface area contributed by atoms with Crippen LogP contribution in [-0.2, 0) is 19.7 Å². The van der Waals surface area contributed by atoms with Crippen LogP contribution >= 0.6 is 0 Å². The Labute approximate surface area is 119 Å². The van der Waals surface area contributed by atoms with E-state index in [9.17, 15) is 9.18 Å². The number of methoxy groups -OCH3 is 1. The molecule has 110 valence electrons. The van der Waals surface area contributed by atoms with Crippen LogP contribution in [0.3, 0.4) is 0 Å². The van der Waals surface area contributed by atoms with Gasteiger partial charge in [0.05, 0.1) is 18.1 Å². The largest absolute Gasteiger partial charge is 0.465 e. The average molecular weight is 280 g/mol. The Morgan fingerprint density at radius 2 is 1.90 bits per heavy atom. The van der Waals surface area contributed by atoms with E-state index in [-0.39, 0.29) is 17.9 Å². The lowest BCUT2D eigenvalue weighted by molar-refractivity contribution is -0.152.